The second-order valence-electron chi connectivity index (χ2n) is 4.98. The summed E-state index contributed by atoms with van der Waals surface area (Å²) in [5.41, 5.74) is 5.36. The van der Waals surface area contributed by atoms with Crippen LogP contribution in [0.15, 0.2) is 0 Å². The topological polar surface area (TPSA) is 78.7 Å². The molecule has 1 heterocycles. The van der Waals surface area contributed by atoms with E-state index < -0.39 is 0 Å². The van der Waals surface area contributed by atoms with Gasteiger partial charge in [0.05, 0.1) is 5.92 Å². The van der Waals surface area contributed by atoms with E-state index in [1.165, 1.54) is 0 Å². The molecule has 0 aliphatic carbocycles. The number of nitrogens with zero attached hydrogens (tertiary/aromatic N) is 2. The Labute approximate surface area is 133 Å². The fourth-order valence-corrected chi connectivity index (χ4v) is 1.94. The molecule has 1 fully saturated rings. The Morgan fingerprint density at radius 2 is 2.10 bits per heavy atom. The quantitative estimate of drug-likeness (QED) is 0.629. The molecule has 8 heteroatoms. The van der Waals surface area contributed by atoms with E-state index >= 15 is 0 Å². The van der Waals surface area contributed by atoms with Gasteiger partial charge >= 0.3 is 0 Å². The molecule has 3 N–H and O–H groups in total. The number of halogens is 2. The molecule has 120 valence electrons. The molecule has 1 unspecified atom stereocenters. The summed E-state index contributed by atoms with van der Waals surface area (Å²) in [5, 5.41) is 2.82. The summed E-state index contributed by atoms with van der Waals surface area (Å²) in [5.74, 6) is -0.141. The van der Waals surface area contributed by atoms with Crippen LogP contribution in [0.1, 0.15) is 12.8 Å². The van der Waals surface area contributed by atoms with E-state index in [9.17, 15) is 9.59 Å². The zero-order valence-corrected chi connectivity index (χ0v) is 13.8. The van der Waals surface area contributed by atoms with Crippen molar-refractivity contribution in [1.29, 1.82) is 0 Å². The van der Waals surface area contributed by atoms with Gasteiger partial charge in [0.2, 0.25) is 11.8 Å². The van der Waals surface area contributed by atoms with Gasteiger partial charge in [-0.25, -0.2) is 0 Å². The number of carbonyl (C=O) groups is 2. The van der Waals surface area contributed by atoms with Gasteiger partial charge in [-0.15, -0.1) is 24.8 Å². The van der Waals surface area contributed by atoms with Gasteiger partial charge in [-0.2, -0.15) is 0 Å². The van der Waals surface area contributed by atoms with Crippen LogP contribution in [0.2, 0.25) is 0 Å². The van der Waals surface area contributed by atoms with E-state index in [2.05, 4.69) is 5.32 Å². The molecule has 20 heavy (non-hydrogen) atoms. The van der Waals surface area contributed by atoms with Gasteiger partial charge < -0.3 is 20.9 Å². The fourth-order valence-electron chi connectivity index (χ4n) is 1.94. The third kappa shape index (κ3) is 7.28. The Morgan fingerprint density at radius 3 is 2.65 bits per heavy atom. The Kier molecular flexibility index (Phi) is 12.1. The lowest BCUT2D eigenvalue weighted by atomic mass is 10.1. The summed E-state index contributed by atoms with van der Waals surface area (Å²) >= 11 is 0. The molecule has 0 radical (unpaired) electrons. The van der Waals surface area contributed by atoms with E-state index in [1.54, 1.807) is 4.90 Å². The summed E-state index contributed by atoms with van der Waals surface area (Å²) in [6, 6.07) is 0. The van der Waals surface area contributed by atoms with Crippen LogP contribution in [-0.4, -0.2) is 68.4 Å². The van der Waals surface area contributed by atoms with Gasteiger partial charge in [0.1, 0.15) is 0 Å². The Balaban J connectivity index is 0. The van der Waals surface area contributed by atoms with E-state index in [0.717, 1.165) is 13.0 Å². The van der Waals surface area contributed by atoms with Crippen molar-refractivity contribution in [2.45, 2.75) is 12.8 Å². The molecule has 1 atom stereocenters. The number of hydrogen-bond donors (Lipinski definition) is 2. The molecule has 0 aromatic carbocycles. The molecule has 1 saturated heterocycles. The maximum Gasteiger partial charge on any atom is 0.225 e. The Morgan fingerprint density at radius 1 is 1.45 bits per heavy atom. The van der Waals surface area contributed by atoms with Crippen LogP contribution in [-0.2, 0) is 9.59 Å². The number of likely N-dealkylation sites (tertiary alicyclic amines) is 1. The maximum absolute atomic E-state index is 11.8. The van der Waals surface area contributed by atoms with Crippen molar-refractivity contribution in [2.24, 2.45) is 11.7 Å². The van der Waals surface area contributed by atoms with Crippen molar-refractivity contribution in [1.82, 2.24) is 15.1 Å². The number of nitrogens with one attached hydrogen (secondary N) is 1. The van der Waals surface area contributed by atoms with Crippen molar-refractivity contribution >= 4 is 36.6 Å². The smallest absolute Gasteiger partial charge is 0.225 e. The SMILES string of the molecule is CN(C)CCN1CC(C(=O)NCCCN)CC1=O.Cl.Cl. The average molecular weight is 329 g/mol. The molecule has 1 aliphatic rings. The second kappa shape index (κ2) is 11.1. The first-order valence-electron chi connectivity index (χ1n) is 6.45. The summed E-state index contributed by atoms with van der Waals surface area (Å²) in [7, 11) is 3.94. The number of hydrogen-bond acceptors (Lipinski definition) is 4. The molecular weight excluding hydrogens is 303 g/mol. The zero-order valence-electron chi connectivity index (χ0n) is 12.1. The normalized spacial score (nSPS) is 17.7. The van der Waals surface area contributed by atoms with E-state index in [1.807, 2.05) is 19.0 Å². The van der Waals surface area contributed by atoms with Gasteiger partial charge in [-0.1, -0.05) is 0 Å². The van der Waals surface area contributed by atoms with Gasteiger partial charge in [0, 0.05) is 32.6 Å². The lowest BCUT2D eigenvalue weighted by molar-refractivity contribution is -0.129. The van der Waals surface area contributed by atoms with Crippen LogP contribution in [0.25, 0.3) is 0 Å². The second-order valence-corrected chi connectivity index (χ2v) is 4.98. The third-order valence-corrected chi connectivity index (χ3v) is 3.08. The molecule has 6 nitrogen and oxygen atoms in total. The summed E-state index contributed by atoms with van der Waals surface area (Å²) in [4.78, 5) is 27.3. The van der Waals surface area contributed by atoms with Gasteiger partial charge in [0.25, 0.3) is 0 Å². The predicted octanol–water partition coefficient (Wildman–Crippen LogP) is -0.295. The maximum atomic E-state index is 11.8. The third-order valence-electron chi connectivity index (χ3n) is 3.08. The monoisotopic (exact) mass is 328 g/mol. The first-order chi connectivity index (χ1) is 8.54. The molecule has 0 aromatic rings. The lowest BCUT2D eigenvalue weighted by Crippen LogP contribution is -2.36. The highest BCUT2D eigenvalue weighted by Gasteiger charge is 2.33. The van der Waals surface area contributed by atoms with E-state index in [0.29, 0.717) is 32.6 Å². The first-order valence-corrected chi connectivity index (χ1v) is 6.45. The molecular formula is C12H26Cl2N4O2. The summed E-state index contributed by atoms with van der Waals surface area (Å²) < 4.78 is 0. The van der Waals surface area contributed by atoms with Crippen LogP contribution in [0.3, 0.4) is 0 Å². The van der Waals surface area contributed by atoms with Gasteiger partial charge in [-0.3, -0.25) is 9.59 Å². The van der Waals surface area contributed by atoms with E-state index in [4.69, 9.17) is 5.73 Å². The molecule has 0 bridgehead atoms. The molecule has 0 spiro atoms. The van der Waals surface area contributed by atoms with Crippen LogP contribution in [0.5, 0.6) is 0 Å². The van der Waals surface area contributed by atoms with E-state index in [-0.39, 0.29) is 42.5 Å². The van der Waals surface area contributed by atoms with Crippen LogP contribution in [0, 0.1) is 5.92 Å². The standard InChI is InChI=1S/C12H24N4O2.2ClH/c1-15(2)6-7-16-9-10(8-11(16)17)12(18)14-5-3-4-13;;/h10H,3-9,13H2,1-2H3,(H,14,18);2*1H. The largest absolute Gasteiger partial charge is 0.356 e. The van der Waals surface area contributed by atoms with Crippen LogP contribution in [0.4, 0.5) is 0 Å². The van der Waals surface area contributed by atoms with Crippen molar-refractivity contribution < 1.29 is 9.59 Å². The molecule has 0 saturated carbocycles. The minimum atomic E-state index is -0.197. The van der Waals surface area contributed by atoms with Crippen molar-refractivity contribution in [3.05, 3.63) is 0 Å². The highest BCUT2D eigenvalue weighted by molar-refractivity contribution is 5.89. The molecule has 2 amide bonds. The number of nitrogens with two attached hydrogens (primary N) is 1. The minimum Gasteiger partial charge on any atom is -0.356 e. The van der Waals surface area contributed by atoms with Crippen LogP contribution < -0.4 is 11.1 Å². The van der Waals surface area contributed by atoms with Gasteiger partial charge in [0.15, 0.2) is 0 Å². The average Bonchev–Trinajstić information content (AvgIpc) is 2.68. The van der Waals surface area contributed by atoms with Crippen molar-refractivity contribution in [3.63, 3.8) is 0 Å². The lowest BCUT2D eigenvalue weighted by Gasteiger charge is -2.19. The van der Waals surface area contributed by atoms with Crippen LogP contribution >= 0.6 is 24.8 Å². The van der Waals surface area contributed by atoms with Gasteiger partial charge in [-0.05, 0) is 27.1 Å². The minimum absolute atomic E-state index is 0. The number of rotatable bonds is 7. The summed E-state index contributed by atoms with van der Waals surface area (Å²) in [6.45, 7) is 3.23. The first kappa shape index (κ1) is 21.7. The highest BCUT2D eigenvalue weighted by atomic mass is 35.5. The number of likely N-dealkylation sites (N-methyl/N-ethyl adjacent to an activating group) is 1. The highest BCUT2D eigenvalue weighted by Crippen LogP contribution is 2.17. The molecule has 0 aromatic heterocycles. The Hall–Kier alpha value is -0.560. The zero-order chi connectivity index (χ0) is 13.5. The Bertz CT molecular complexity index is 303. The van der Waals surface area contributed by atoms with Crippen molar-refractivity contribution in [3.8, 4) is 0 Å². The van der Waals surface area contributed by atoms with Crippen molar-refractivity contribution in [2.75, 3.05) is 46.8 Å². The predicted molar refractivity (Wildman–Crippen MR) is 84.4 cm³/mol. The molecule has 1 rings (SSSR count). The number of carbonyl (C=O) groups excluding carboxylic acids is 2. The summed E-state index contributed by atoms with van der Waals surface area (Å²) in [6.07, 6.45) is 1.11. The molecule has 1 aliphatic heterocycles. The fraction of sp³-hybridized carbons (Fsp3) is 0.833. The number of amides is 2.